The Kier molecular flexibility index (Phi) is 10.8. The fraction of sp³-hybridized carbons (Fsp3) is 0.565. The van der Waals surface area contributed by atoms with E-state index in [1.807, 2.05) is 20.8 Å². The summed E-state index contributed by atoms with van der Waals surface area (Å²) >= 11 is 5.86. The molecule has 4 atom stereocenters. The minimum absolute atomic E-state index is 0.0959. The molecule has 0 bridgehead atoms. The molecule has 1 aromatic rings. The molecule has 2 rings (SSSR count). The molecule has 1 aromatic carbocycles. The standard InChI is InChI=1S/C23H32ClNO8S/c1-4-16(14-32-34(28,29)30)10-17-11-21(26)23(22(27)12-17)20(5-2)25-31-13-15(3)33-19-8-6-18(24)7-9-19/h6-9,11,15-17,23,26H,4-5,10,12-14H2,1-3H3,(H,28,29,30). The second-order valence-corrected chi connectivity index (χ2v) is 9.82. The van der Waals surface area contributed by atoms with Gasteiger partial charge in [-0.2, -0.15) is 8.42 Å². The quantitative estimate of drug-likeness (QED) is 0.217. The fourth-order valence-corrected chi connectivity index (χ4v) is 4.23. The van der Waals surface area contributed by atoms with Gasteiger partial charge in [0.05, 0.1) is 12.3 Å². The van der Waals surface area contributed by atoms with Gasteiger partial charge in [-0.1, -0.05) is 37.0 Å². The predicted molar refractivity (Wildman–Crippen MR) is 128 cm³/mol. The number of benzene rings is 1. The van der Waals surface area contributed by atoms with Gasteiger partial charge in [-0.15, -0.1) is 0 Å². The van der Waals surface area contributed by atoms with Crippen molar-refractivity contribution in [2.45, 2.75) is 52.6 Å². The van der Waals surface area contributed by atoms with Crippen LogP contribution in [0.1, 0.15) is 46.5 Å². The number of halogens is 1. The predicted octanol–water partition coefficient (Wildman–Crippen LogP) is 4.77. The van der Waals surface area contributed by atoms with Crippen molar-refractivity contribution in [1.29, 1.82) is 0 Å². The van der Waals surface area contributed by atoms with Crippen LogP contribution in [0.25, 0.3) is 0 Å². The molecule has 0 radical (unpaired) electrons. The van der Waals surface area contributed by atoms with Crippen molar-refractivity contribution in [3.8, 4) is 5.75 Å². The van der Waals surface area contributed by atoms with Gasteiger partial charge in [0.15, 0.2) is 6.61 Å². The van der Waals surface area contributed by atoms with E-state index >= 15 is 0 Å². The Labute approximate surface area is 205 Å². The molecular formula is C23H32ClNO8S. The van der Waals surface area contributed by atoms with E-state index in [0.717, 1.165) is 0 Å². The summed E-state index contributed by atoms with van der Waals surface area (Å²) in [5, 5.41) is 15.3. The summed E-state index contributed by atoms with van der Waals surface area (Å²) in [6.07, 6.45) is 2.90. The number of aliphatic hydroxyl groups excluding tert-OH is 1. The van der Waals surface area contributed by atoms with Crippen molar-refractivity contribution < 1.29 is 36.6 Å². The van der Waals surface area contributed by atoms with Crippen molar-refractivity contribution in [2.24, 2.45) is 22.9 Å². The molecule has 0 fully saturated rings. The van der Waals surface area contributed by atoms with Crippen LogP contribution in [0.3, 0.4) is 0 Å². The maximum absolute atomic E-state index is 12.8. The first-order valence-electron chi connectivity index (χ1n) is 11.2. The number of carbonyl (C=O) groups excluding carboxylic acids is 1. The van der Waals surface area contributed by atoms with E-state index in [1.165, 1.54) is 0 Å². The summed E-state index contributed by atoms with van der Waals surface area (Å²) in [5.74, 6) is -0.994. The Morgan fingerprint density at radius 1 is 1.24 bits per heavy atom. The average Bonchev–Trinajstić information content (AvgIpc) is 2.76. The average molecular weight is 518 g/mol. The zero-order valence-corrected chi connectivity index (χ0v) is 21.1. The van der Waals surface area contributed by atoms with E-state index in [-0.39, 0.29) is 49.1 Å². The third-order valence-electron chi connectivity index (χ3n) is 5.49. The summed E-state index contributed by atoms with van der Waals surface area (Å²) < 4.78 is 40.6. The van der Waals surface area contributed by atoms with E-state index in [2.05, 4.69) is 9.34 Å². The van der Waals surface area contributed by atoms with Crippen LogP contribution < -0.4 is 4.74 Å². The van der Waals surface area contributed by atoms with Gasteiger partial charge in [0.1, 0.15) is 29.3 Å². The molecule has 1 aliphatic rings. The van der Waals surface area contributed by atoms with E-state index in [1.54, 1.807) is 30.3 Å². The van der Waals surface area contributed by atoms with Gasteiger partial charge in [0, 0.05) is 11.4 Å². The lowest BCUT2D eigenvalue weighted by atomic mass is 9.79. The minimum Gasteiger partial charge on any atom is -0.511 e. The van der Waals surface area contributed by atoms with Gasteiger partial charge in [0.25, 0.3) is 0 Å². The van der Waals surface area contributed by atoms with Crippen LogP contribution in [0.2, 0.25) is 5.02 Å². The zero-order chi connectivity index (χ0) is 25.3. The first kappa shape index (κ1) is 28.1. The second-order valence-electron chi connectivity index (χ2n) is 8.29. The maximum Gasteiger partial charge on any atom is 0.397 e. The largest absolute Gasteiger partial charge is 0.511 e. The highest BCUT2D eigenvalue weighted by atomic mass is 35.5. The number of carbonyl (C=O) groups is 1. The second kappa shape index (κ2) is 13.1. The maximum atomic E-state index is 12.8. The SMILES string of the molecule is CCC(=NOCC(C)Oc1ccc(Cl)cc1)C1C(=O)CC(CC(CC)COS(=O)(=O)O)C=C1O. The van der Waals surface area contributed by atoms with E-state index in [9.17, 15) is 18.3 Å². The van der Waals surface area contributed by atoms with Crippen molar-refractivity contribution in [3.63, 3.8) is 0 Å². The Hall–Kier alpha value is -2.14. The highest BCUT2D eigenvalue weighted by molar-refractivity contribution is 7.80. The van der Waals surface area contributed by atoms with Gasteiger partial charge in [-0.25, -0.2) is 4.18 Å². The first-order valence-corrected chi connectivity index (χ1v) is 12.9. The van der Waals surface area contributed by atoms with Gasteiger partial charge < -0.3 is 14.7 Å². The minimum atomic E-state index is -4.53. The molecule has 0 saturated heterocycles. The van der Waals surface area contributed by atoms with Crippen LogP contribution in [0.15, 0.2) is 41.3 Å². The number of rotatable bonds is 13. The number of oxime groups is 1. The third kappa shape index (κ3) is 9.25. The first-order chi connectivity index (χ1) is 16.0. The normalized spacial score (nSPS) is 21.0. The summed E-state index contributed by atoms with van der Waals surface area (Å²) in [6.45, 7) is 5.45. The van der Waals surface area contributed by atoms with Gasteiger partial charge in [-0.3, -0.25) is 9.35 Å². The van der Waals surface area contributed by atoms with Crippen molar-refractivity contribution in [3.05, 3.63) is 41.1 Å². The van der Waals surface area contributed by atoms with Crippen LogP contribution in [0.4, 0.5) is 0 Å². The molecule has 4 unspecified atom stereocenters. The number of hydrogen-bond acceptors (Lipinski definition) is 8. The molecule has 0 aliphatic heterocycles. The molecule has 0 heterocycles. The highest BCUT2D eigenvalue weighted by Gasteiger charge is 2.35. The number of allylic oxidation sites excluding steroid dienone is 2. The molecule has 0 aromatic heterocycles. The van der Waals surface area contributed by atoms with E-state index < -0.39 is 16.3 Å². The number of nitrogens with zero attached hydrogens (tertiary/aromatic N) is 1. The van der Waals surface area contributed by atoms with Crippen molar-refractivity contribution in [1.82, 2.24) is 0 Å². The monoisotopic (exact) mass is 517 g/mol. The topological polar surface area (TPSA) is 132 Å². The van der Waals surface area contributed by atoms with E-state index in [4.69, 9.17) is 25.7 Å². The lowest BCUT2D eigenvalue weighted by molar-refractivity contribution is -0.122. The van der Waals surface area contributed by atoms with Crippen molar-refractivity contribution in [2.75, 3.05) is 13.2 Å². The Morgan fingerprint density at radius 2 is 1.91 bits per heavy atom. The van der Waals surface area contributed by atoms with Gasteiger partial charge in [-0.05, 0) is 61.9 Å². The lowest BCUT2D eigenvalue weighted by Crippen LogP contribution is -2.32. The highest BCUT2D eigenvalue weighted by Crippen LogP contribution is 2.31. The smallest absolute Gasteiger partial charge is 0.397 e. The van der Waals surface area contributed by atoms with Crippen molar-refractivity contribution >= 4 is 33.5 Å². The van der Waals surface area contributed by atoms with Crippen LogP contribution in [-0.4, -0.2) is 48.9 Å². The lowest BCUT2D eigenvalue weighted by Gasteiger charge is -2.27. The van der Waals surface area contributed by atoms with Crippen LogP contribution in [0.5, 0.6) is 5.75 Å². The molecule has 2 N–H and O–H groups in total. The summed E-state index contributed by atoms with van der Waals surface area (Å²) in [4.78, 5) is 18.2. The fourth-order valence-electron chi connectivity index (χ4n) is 3.73. The number of ether oxygens (including phenoxy) is 1. The molecule has 34 heavy (non-hydrogen) atoms. The number of ketones is 1. The molecule has 9 nitrogen and oxygen atoms in total. The Morgan fingerprint density at radius 3 is 2.47 bits per heavy atom. The molecule has 0 saturated carbocycles. The van der Waals surface area contributed by atoms with Gasteiger partial charge in [0.2, 0.25) is 0 Å². The molecule has 1 aliphatic carbocycles. The molecule has 11 heteroatoms. The number of Topliss-reactive ketones (excluding diaryl/α,β-unsaturated/α-hetero) is 1. The molecular weight excluding hydrogens is 486 g/mol. The molecule has 190 valence electrons. The molecule has 0 amide bonds. The van der Waals surface area contributed by atoms with E-state index in [0.29, 0.717) is 35.7 Å². The van der Waals surface area contributed by atoms with Crippen LogP contribution in [0, 0.1) is 17.8 Å². The van der Waals surface area contributed by atoms with Crippen LogP contribution >= 0.6 is 11.6 Å². The summed E-state index contributed by atoms with van der Waals surface area (Å²) in [6, 6.07) is 6.94. The Bertz CT molecular complexity index is 977. The summed E-state index contributed by atoms with van der Waals surface area (Å²) in [7, 11) is -4.53. The molecule has 0 spiro atoms. The number of aliphatic hydroxyl groups is 1. The number of hydrogen-bond donors (Lipinski definition) is 2. The third-order valence-corrected chi connectivity index (χ3v) is 6.18. The Balaban J connectivity index is 1.96. The van der Waals surface area contributed by atoms with Crippen LogP contribution in [-0.2, 0) is 24.2 Å². The zero-order valence-electron chi connectivity index (χ0n) is 19.5. The summed E-state index contributed by atoms with van der Waals surface area (Å²) in [5.41, 5.74) is 0.414. The van der Waals surface area contributed by atoms with Gasteiger partial charge >= 0.3 is 10.4 Å².